The number of nitrogens with one attached hydrogen (secondary N) is 2. The van der Waals surface area contributed by atoms with Gasteiger partial charge in [0, 0.05) is 49.1 Å². The standard InChI is InChI=1S/C29H34N4O5/c34-28(31-16-19-5-7-20(8-6-19)17-32-29(35)36)24-15-26(33-25-4-2-1-3-23(24)25)21-9-10-27(30-18-21)38-22-11-13-37-14-12-22/h1-4,9-10,15,18-20,22,32H,5-8,11-14,16-17H2,(H,31,34)(H,35,36). The van der Waals surface area contributed by atoms with Gasteiger partial charge in [-0.05, 0) is 55.7 Å². The van der Waals surface area contributed by atoms with Gasteiger partial charge < -0.3 is 25.2 Å². The van der Waals surface area contributed by atoms with E-state index < -0.39 is 6.09 Å². The molecule has 0 unspecified atom stereocenters. The van der Waals surface area contributed by atoms with Crippen LogP contribution in [0.15, 0.2) is 48.7 Å². The molecule has 3 aromatic rings. The Bertz CT molecular complexity index is 1250. The van der Waals surface area contributed by atoms with Gasteiger partial charge in [0.2, 0.25) is 5.88 Å². The van der Waals surface area contributed by atoms with E-state index in [1.165, 1.54) is 0 Å². The lowest BCUT2D eigenvalue weighted by molar-refractivity contribution is 0.0237. The lowest BCUT2D eigenvalue weighted by Crippen LogP contribution is -2.34. The molecule has 2 aromatic heterocycles. The van der Waals surface area contributed by atoms with Crippen molar-refractivity contribution in [1.82, 2.24) is 20.6 Å². The first-order valence-electron chi connectivity index (χ1n) is 13.4. The minimum absolute atomic E-state index is 0.118. The molecule has 1 aliphatic heterocycles. The number of carbonyl (C=O) groups is 2. The molecule has 2 amide bonds. The Morgan fingerprint density at radius 3 is 2.34 bits per heavy atom. The lowest BCUT2D eigenvalue weighted by atomic mass is 9.82. The summed E-state index contributed by atoms with van der Waals surface area (Å²) in [5, 5.41) is 15.2. The summed E-state index contributed by atoms with van der Waals surface area (Å²) in [5.41, 5.74) is 2.85. The first kappa shape index (κ1) is 25.9. The molecule has 1 aliphatic carbocycles. The van der Waals surface area contributed by atoms with Crippen molar-refractivity contribution in [3.8, 4) is 17.1 Å². The van der Waals surface area contributed by atoms with Crippen LogP contribution in [0.2, 0.25) is 0 Å². The average molecular weight is 519 g/mol. The van der Waals surface area contributed by atoms with Crippen molar-refractivity contribution < 1.29 is 24.2 Å². The van der Waals surface area contributed by atoms with Crippen LogP contribution in [0.3, 0.4) is 0 Å². The number of carboxylic acid groups (broad SMARTS) is 1. The van der Waals surface area contributed by atoms with Crippen LogP contribution >= 0.6 is 0 Å². The van der Waals surface area contributed by atoms with Gasteiger partial charge in [0.05, 0.1) is 30.0 Å². The van der Waals surface area contributed by atoms with Crippen molar-refractivity contribution >= 4 is 22.9 Å². The summed E-state index contributed by atoms with van der Waals surface area (Å²) in [4.78, 5) is 33.4. The zero-order valence-electron chi connectivity index (χ0n) is 21.4. The van der Waals surface area contributed by atoms with Crippen molar-refractivity contribution in [3.05, 3.63) is 54.2 Å². The number of rotatable bonds is 8. The van der Waals surface area contributed by atoms with Gasteiger partial charge in [-0.2, -0.15) is 0 Å². The second kappa shape index (κ2) is 12.2. The third kappa shape index (κ3) is 6.58. The summed E-state index contributed by atoms with van der Waals surface area (Å²) in [6, 6.07) is 13.3. The largest absolute Gasteiger partial charge is 0.474 e. The maximum atomic E-state index is 13.3. The quantitative estimate of drug-likeness (QED) is 0.396. The SMILES string of the molecule is O=C(O)NCC1CCC(CNC(=O)c2cc(-c3ccc(OC4CCOCC4)nc3)nc3ccccc23)CC1. The van der Waals surface area contributed by atoms with Crippen LogP contribution in [0.5, 0.6) is 5.88 Å². The van der Waals surface area contributed by atoms with Crippen LogP contribution in [-0.4, -0.2) is 59.5 Å². The number of nitrogens with zero attached hydrogens (tertiary/aromatic N) is 2. The summed E-state index contributed by atoms with van der Waals surface area (Å²) < 4.78 is 11.4. The summed E-state index contributed by atoms with van der Waals surface area (Å²) in [6.45, 7) is 2.52. The fourth-order valence-corrected chi connectivity index (χ4v) is 5.28. The number of pyridine rings is 2. The van der Waals surface area contributed by atoms with E-state index >= 15 is 0 Å². The van der Waals surface area contributed by atoms with Gasteiger partial charge in [-0.25, -0.2) is 14.8 Å². The van der Waals surface area contributed by atoms with E-state index in [0.29, 0.717) is 55.3 Å². The third-order valence-electron chi connectivity index (χ3n) is 7.51. The van der Waals surface area contributed by atoms with Crippen LogP contribution < -0.4 is 15.4 Å². The second-order valence-electron chi connectivity index (χ2n) is 10.2. The van der Waals surface area contributed by atoms with E-state index in [-0.39, 0.29) is 12.0 Å². The van der Waals surface area contributed by atoms with Crippen LogP contribution in [0.25, 0.3) is 22.2 Å². The molecule has 0 radical (unpaired) electrons. The first-order chi connectivity index (χ1) is 18.5. The molecule has 38 heavy (non-hydrogen) atoms. The van der Waals surface area contributed by atoms with Gasteiger partial charge >= 0.3 is 6.09 Å². The predicted molar refractivity (Wildman–Crippen MR) is 143 cm³/mol. The maximum absolute atomic E-state index is 13.3. The highest BCUT2D eigenvalue weighted by Crippen LogP contribution is 2.29. The highest BCUT2D eigenvalue weighted by atomic mass is 16.5. The van der Waals surface area contributed by atoms with Gasteiger partial charge in [0.1, 0.15) is 6.10 Å². The molecule has 1 aromatic carbocycles. The fraction of sp³-hybridized carbons (Fsp3) is 0.448. The smallest absolute Gasteiger partial charge is 0.404 e. The van der Waals surface area contributed by atoms with Crippen molar-refractivity contribution in [2.24, 2.45) is 11.8 Å². The number of ether oxygens (including phenoxy) is 2. The molecule has 2 aliphatic rings. The van der Waals surface area contributed by atoms with Crippen molar-refractivity contribution in [1.29, 1.82) is 0 Å². The fourth-order valence-electron chi connectivity index (χ4n) is 5.28. The number of hydrogen-bond donors (Lipinski definition) is 3. The summed E-state index contributed by atoms with van der Waals surface area (Å²) in [7, 11) is 0. The maximum Gasteiger partial charge on any atom is 0.404 e. The lowest BCUT2D eigenvalue weighted by Gasteiger charge is -2.28. The number of amides is 2. The zero-order valence-corrected chi connectivity index (χ0v) is 21.4. The normalized spacial score (nSPS) is 20.1. The van der Waals surface area contributed by atoms with Crippen LogP contribution in [0.1, 0.15) is 48.9 Å². The number of para-hydroxylation sites is 1. The Hall–Kier alpha value is -3.72. The second-order valence-corrected chi connectivity index (χ2v) is 10.2. The van der Waals surface area contributed by atoms with Gasteiger partial charge in [0.25, 0.3) is 5.91 Å². The molecule has 5 rings (SSSR count). The van der Waals surface area contributed by atoms with E-state index in [4.69, 9.17) is 19.6 Å². The third-order valence-corrected chi connectivity index (χ3v) is 7.51. The molecule has 200 valence electrons. The minimum Gasteiger partial charge on any atom is -0.474 e. The molecule has 2 fully saturated rings. The number of fused-ring (bicyclic) bond motifs is 1. The van der Waals surface area contributed by atoms with Gasteiger partial charge in [0.15, 0.2) is 0 Å². The molecular weight excluding hydrogens is 484 g/mol. The van der Waals surface area contributed by atoms with E-state index in [1.807, 2.05) is 42.5 Å². The number of benzene rings is 1. The topological polar surface area (TPSA) is 123 Å². The molecule has 1 saturated carbocycles. The molecule has 1 saturated heterocycles. The van der Waals surface area contributed by atoms with Crippen LogP contribution in [0.4, 0.5) is 4.79 Å². The number of aromatic nitrogens is 2. The van der Waals surface area contributed by atoms with Gasteiger partial charge in [-0.15, -0.1) is 0 Å². The Labute approximate surface area is 222 Å². The molecule has 3 N–H and O–H groups in total. The van der Waals surface area contributed by atoms with Crippen molar-refractivity contribution in [2.75, 3.05) is 26.3 Å². The van der Waals surface area contributed by atoms with E-state index in [2.05, 4.69) is 15.6 Å². The number of hydrogen-bond acceptors (Lipinski definition) is 6. The monoisotopic (exact) mass is 518 g/mol. The minimum atomic E-state index is -0.974. The average Bonchev–Trinajstić information content (AvgIpc) is 2.95. The Balaban J connectivity index is 1.25. The molecular formula is C29H34N4O5. The van der Waals surface area contributed by atoms with Gasteiger partial charge in [-0.1, -0.05) is 18.2 Å². The van der Waals surface area contributed by atoms with Crippen molar-refractivity contribution in [2.45, 2.75) is 44.6 Å². The summed E-state index contributed by atoms with van der Waals surface area (Å²) in [6.07, 6.45) is 6.48. The predicted octanol–water partition coefficient (Wildman–Crippen LogP) is 4.66. The Morgan fingerprint density at radius 1 is 0.947 bits per heavy atom. The van der Waals surface area contributed by atoms with Crippen LogP contribution in [0, 0.1) is 11.8 Å². The molecule has 0 spiro atoms. The summed E-state index contributed by atoms with van der Waals surface area (Å²) >= 11 is 0. The Morgan fingerprint density at radius 2 is 1.66 bits per heavy atom. The van der Waals surface area contributed by atoms with E-state index in [0.717, 1.165) is 55.0 Å². The van der Waals surface area contributed by atoms with E-state index in [1.54, 1.807) is 6.20 Å². The van der Waals surface area contributed by atoms with Gasteiger partial charge in [-0.3, -0.25) is 4.79 Å². The molecule has 9 nitrogen and oxygen atoms in total. The molecule has 3 heterocycles. The van der Waals surface area contributed by atoms with Crippen LogP contribution in [-0.2, 0) is 4.74 Å². The molecule has 0 atom stereocenters. The molecule has 9 heteroatoms. The highest BCUT2D eigenvalue weighted by Gasteiger charge is 2.23. The van der Waals surface area contributed by atoms with Crippen molar-refractivity contribution in [3.63, 3.8) is 0 Å². The van der Waals surface area contributed by atoms with E-state index in [9.17, 15) is 9.59 Å². The summed E-state index contributed by atoms with van der Waals surface area (Å²) in [5.74, 6) is 1.21. The Kier molecular flexibility index (Phi) is 8.33. The first-order valence-corrected chi connectivity index (χ1v) is 13.4. The zero-order chi connectivity index (χ0) is 26.3. The number of carbonyl (C=O) groups excluding carboxylic acids is 1. The molecule has 0 bridgehead atoms. The highest BCUT2D eigenvalue weighted by molar-refractivity contribution is 6.07.